The van der Waals surface area contributed by atoms with E-state index in [4.69, 9.17) is 0 Å². The Morgan fingerprint density at radius 1 is 1.83 bits per heavy atom. The Bertz CT molecular complexity index is 115. The monoisotopic (exact) mass is 80.0 g/mol. The lowest BCUT2D eigenvalue weighted by Gasteiger charge is -1.88. The zero-order valence-corrected chi connectivity index (χ0v) is 3.23. The van der Waals surface area contributed by atoms with E-state index in [1.165, 1.54) is 0 Å². The fraction of sp³-hybridized carbons (Fsp3) is 0.250. The summed E-state index contributed by atoms with van der Waals surface area (Å²) < 4.78 is 0. The van der Waals surface area contributed by atoms with E-state index in [1.54, 1.807) is 6.34 Å². The van der Waals surface area contributed by atoms with E-state index >= 15 is 0 Å². The summed E-state index contributed by atoms with van der Waals surface area (Å²) in [6.07, 6.45) is 1.59. The molecule has 0 aromatic heterocycles. The van der Waals surface area contributed by atoms with Crippen LogP contribution in [0.15, 0.2) is 4.99 Å². The fourth-order valence-electron chi connectivity index (χ4n) is 0.260. The minimum atomic E-state index is 0.740. The first-order valence-electron chi connectivity index (χ1n) is 1.73. The normalized spacial score (nSPS) is 14.7. The van der Waals surface area contributed by atoms with Gasteiger partial charge >= 0.3 is 0 Å². The number of nitrogens with one attached hydrogen (secondary N) is 1. The van der Waals surface area contributed by atoms with Gasteiger partial charge in [0.15, 0.2) is 0 Å². The Morgan fingerprint density at radius 3 is 3.00 bits per heavy atom. The highest BCUT2D eigenvalue weighted by atomic mass is 14.9. The molecule has 1 rings (SSSR count). The zero-order valence-electron chi connectivity index (χ0n) is 3.23. The van der Waals surface area contributed by atoms with Crippen LogP contribution in [0.1, 0.15) is 0 Å². The van der Waals surface area contributed by atoms with Crippen LogP contribution in [0.5, 0.6) is 0 Å². The molecule has 1 aliphatic rings. The topological polar surface area (TPSA) is 24.4 Å². The number of rotatable bonds is 0. The molecule has 1 N–H and O–H groups in total. The minimum absolute atomic E-state index is 0.740. The molecular formula is C4H4N2. The molecule has 30 valence electrons. The average molecular weight is 80.1 g/mol. The van der Waals surface area contributed by atoms with Crippen molar-refractivity contribution in [2.45, 2.75) is 0 Å². The standard InChI is InChI=1S/C4H4N2/c1-2-5-4-6-3-1/h4H,2H2,(H,5,6). The Kier molecular flexibility index (Phi) is 0.787. The molecule has 2 heteroatoms. The number of nitrogens with zero attached hydrogens (tertiary/aromatic N) is 1. The van der Waals surface area contributed by atoms with E-state index in [0.717, 1.165) is 6.54 Å². The molecule has 0 unspecified atom stereocenters. The molecule has 6 heavy (non-hydrogen) atoms. The molecule has 0 fully saturated rings. The lowest BCUT2D eigenvalue weighted by molar-refractivity contribution is 1.08. The summed E-state index contributed by atoms with van der Waals surface area (Å²) in [5, 5.41) is 2.82. The molecule has 0 aliphatic carbocycles. The molecule has 0 spiro atoms. The number of hydrogen-bond donors (Lipinski definition) is 1. The molecule has 2 nitrogen and oxygen atoms in total. The average Bonchev–Trinajstić information content (AvgIpc) is 1.72. The molecule has 0 aromatic carbocycles. The Balaban J connectivity index is 2.58. The summed E-state index contributed by atoms with van der Waals surface area (Å²) >= 11 is 0. The predicted octanol–water partition coefficient (Wildman–Crippen LogP) is -0.421. The summed E-state index contributed by atoms with van der Waals surface area (Å²) in [7, 11) is 0. The maximum atomic E-state index is 3.58. The molecule has 1 heterocycles. The quantitative estimate of drug-likeness (QED) is 0.392. The van der Waals surface area contributed by atoms with Crippen molar-refractivity contribution in [3.05, 3.63) is 0 Å². The highest BCUT2D eigenvalue weighted by Gasteiger charge is 1.72. The van der Waals surface area contributed by atoms with Crippen LogP contribution in [-0.4, -0.2) is 12.9 Å². The van der Waals surface area contributed by atoms with Crippen LogP contribution in [-0.2, 0) is 0 Å². The van der Waals surface area contributed by atoms with Gasteiger partial charge in [0.1, 0.15) is 0 Å². The third-order valence-electron chi connectivity index (χ3n) is 0.490. The van der Waals surface area contributed by atoms with E-state index in [9.17, 15) is 0 Å². The Labute approximate surface area is 36.3 Å². The van der Waals surface area contributed by atoms with Gasteiger partial charge in [-0.1, -0.05) is 5.92 Å². The van der Waals surface area contributed by atoms with Crippen LogP contribution in [0.25, 0.3) is 0 Å². The first kappa shape index (κ1) is 3.23. The van der Waals surface area contributed by atoms with E-state index in [2.05, 4.69) is 22.3 Å². The van der Waals surface area contributed by atoms with Gasteiger partial charge < -0.3 is 5.32 Å². The Hall–Kier alpha value is -0.970. The largest absolute Gasteiger partial charge is 0.364 e. The maximum Gasteiger partial charge on any atom is 0.0995 e. The maximum absolute atomic E-state index is 3.58. The summed E-state index contributed by atoms with van der Waals surface area (Å²) in [6.45, 7) is 0.740. The summed E-state index contributed by atoms with van der Waals surface area (Å²) in [5.41, 5.74) is 0. The van der Waals surface area contributed by atoms with E-state index in [0.29, 0.717) is 0 Å². The van der Waals surface area contributed by atoms with Crippen molar-refractivity contribution in [2.24, 2.45) is 4.99 Å². The molecule has 0 amide bonds. The SMILES string of the molecule is C1#CN=CNC1. The third-order valence-corrected chi connectivity index (χ3v) is 0.490. The molecule has 0 bridgehead atoms. The number of aliphatic imine (C=N–C) groups is 1. The van der Waals surface area contributed by atoms with E-state index in [-0.39, 0.29) is 0 Å². The molecule has 0 aromatic rings. The van der Waals surface area contributed by atoms with Gasteiger partial charge in [0.25, 0.3) is 0 Å². The van der Waals surface area contributed by atoms with Crippen molar-refractivity contribution < 1.29 is 0 Å². The highest BCUT2D eigenvalue weighted by molar-refractivity contribution is 5.58. The van der Waals surface area contributed by atoms with Crippen LogP contribution in [0.4, 0.5) is 0 Å². The molecular weight excluding hydrogens is 76.1 g/mol. The van der Waals surface area contributed by atoms with Crippen molar-refractivity contribution in [3.8, 4) is 12.0 Å². The van der Waals surface area contributed by atoms with Gasteiger partial charge in [-0.2, -0.15) is 4.99 Å². The number of hydrogen-bond acceptors (Lipinski definition) is 2. The van der Waals surface area contributed by atoms with Gasteiger partial charge in [-0.25, -0.2) is 0 Å². The van der Waals surface area contributed by atoms with E-state index in [1.807, 2.05) is 0 Å². The van der Waals surface area contributed by atoms with Crippen molar-refractivity contribution in [3.63, 3.8) is 0 Å². The van der Waals surface area contributed by atoms with Gasteiger partial charge in [-0.15, -0.1) is 0 Å². The fourth-order valence-corrected chi connectivity index (χ4v) is 0.260. The second-order valence-electron chi connectivity index (χ2n) is 0.928. The van der Waals surface area contributed by atoms with Crippen LogP contribution in [0.2, 0.25) is 0 Å². The second-order valence-corrected chi connectivity index (χ2v) is 0.928. The summed E-state index contributed by atoms with van der Waals surface area (Å²) in [6, 6.07) is 2.54. The predicted molar refractivity (Wildman–Crippen MR) is 24.3 cm³/mol. The van der Waals surface area contributed by atoms with Gasteiger partial charge in [0, 0.05) is 6.04 Å². The van der Waals surface area contributed by atoms with Crippen molar-refractivity contribution in [1.29, 1.82) is 0 Å². The molecule has 0 saturated heterocycles. The molecule has 0 atom stereocenters. The highest BCUT2D eigenvalue weighted by Crippen LogP contribution is 1.62. The van der Waals surface area contributed by atoms with Crippen LogP contribution in [0, 0.1) is 12.0 Å². The summed E-state index contributed by atoms with van der Waals surface area (Å²) in [5.74, 6) is 2.73. The second kappa shape index (κ2) is 1.46. The lowest BCUT2D eigenvalue weighted by atomic mass is 10.6. The summed E-state index contributed by atoms with van der Waals surface area (Å²) in [4.78, 5) is 3.58. The van der Waals surface area contributed by atoms with Gasteiger partial charge in [-0.05, 0) is 0 Å². The molecule has 0 radical (unpaired) electrons. The first-order chi connectivity index (χ1) is 3.00. The lowest BCUT2D eigenvalue weighted by Crippen LogP contribution is -2.12. The van der Waals surface area contributed by atoms with Crippen molar-refractivity contribution in [1.82, 2.24) is 5.32 Å². The van der Waals surface area contributed by atoms with Gasteiger partial charge in [-0.3, -0.25) is 0 Å². The molecule has 0 saturated carbocycles. The van der Waals surface area contributed by atoms with Crippen LogP contribution < -0.4 is 5.32 Å². The zero-order chi connectivity index (χ0) is 4.24. The van der Waals surface area contributed by atoms with Crippen molar-refractivity contribution >= 4 is 6.34 Å². The first-order valence-corrected chi connectivity index (χ1v) is 1.73. The minimum Gasteiger partial charge on any atom is -0.364 e. The van der Waals surface area contributed by atoms with Gasteiger partial charge in [0.2, 0.25) is 0 Å². The van der Waals surface area contributed by atoms with Gasteiger partial charge in [0.05, 0.1) is 12.9 Å². The van der Waals surface area contributed by atoms with E-state index < -0.39 is 0 Å². The molecule has 1 aliphatic heterocycles. The Morgan fingerprint density at radius 2 is 2.83 bits per heavy atom. The van der Waals surface area contributed by atoms with Crippen LogP contribution >= 0.6 is 0 Å². The smallest absolute Gasteiger partial charge is 0.0995 e. The van der Waals surface area contributed by atoms with Crippen molar-refractivity contribution in [2.75, 3.05) is 6.54 Å². The third kappa shape index (κ3) is 0.494. The van der Waals surface area contributed by atoms with Crippen LogP contribution in [0.3, 0.4) is 0 Å².